The molecular weight excluding hydrogens is 471 g/mol. The van der Waals surface area contributed by atoms with Crippen molar-refractivity contribution in [3.05, 3.63) is 117 Å². The molecule has 0 aliphatic heterocycles. The van der Waals surface area contributed by atoms with Gasteiger partial charge in [0.1, 0.15) is 11.5 Å². The second-order valence-electron chi connectivity index (χ2n) is 7.74. The molecule has 0 radical (unpaired) electrons. The summed E-state index contributed by atoms with van der Waals surface area (Å²) >= 11 is 12.5. The van der Waals surface area contributed by atoms with Gasteiger partial charge in [0.2, 0.25) is 0 Å². The fourth-order valence-electron chi connectivity index (χ4n) is 3.50. The number of rotatable bonds is 5. The molecule has 0 heterocycles. The van der Waals surface area contributed by atoms with Gasteiger partial charge in [0, 0.05) is 5.56 Å². The van der Waals surface area contributed by atoms with Gasteiger partial charge in [0.05, 0.1) is 21.2 Å². The lowest BCUT2D eigenvalue weighted by Crippen LogP contribution is -2.16. The largest absolute Gasteiger partial charge is 0.421 e. The molecular formula is C28H20Cl2O4. The van der Waals surface area contributed by atoms with Gasteiger partial charge in [-0.1, -0.05) is 71.7 Å². The lowest BCUT2D eigenvalue weighted by Gasteiger charge is -2.15. The van der Waals surface area contributed by atoms with Crippen molar-refractivity contribution in [1.82, 2.24) is 0 Å². The molecule has 4 rings (SSSR count). The van der Waals surface area contributed by atoms with E-state index in [1.807, 2.05) is 32.0 Å². The maximum Gasteiger partial charge on any atom is 0.344 e. The lowest BCUT2D eigenvalue weighted by molar-refractivity contribution is 0.0734. The van der Waals surface area contributed by atoms with Gasteiger partial charge >= 0.3 is 11.9 Å². The molecule has 4 aromatic carbocycles. The number of aryl methyl sites for hydroxylation is 2. The molecule has 0 N–H and O–H groups in total. The van der Waals surface area contributed by atoms with Crippen LogP contribution in [0.2, 0.25) is 10.0 Å². The summed E-state index contributed by atoms with van der Waals surface area (Å²) in [5, 5.41) is 0.637. The second-order valence-corrected chi connectivity index (χ2v) is 8.56. The molecule has 4 nitrogen and oxygen atoms in total. The van der Waals surface area contributed by atoms with Gasteiger partial charge in [-0.15, -0.1) is 0 Å². The molecule has 0 fully saturated rings. The molecule has 34 heavy (non-hydrogen) atoms. The number of carbonyl (C=O) groups is 2. The molecule has 0 aliphatic carbocycles. The standard InChI is InChI=1S/C28H20Cl2O4/c1-17-11-13-24(22(29)15-17)33-27(31)20-9-6-10-21(26(20)19-7-4-3-5-8-19)28(32)34-25-14-12-18(2)16-23(25)30/h3-16H,1-2H3. The van der Waals surface area contributed by atoms with Crippen LogP contribution in [0.3, 0.4) is 0 Å². The molecule has 0 atom stereocenters. The lowest BCUT2D eigenvalue weighted by atomic mass is 9.94. The first-order valence-electron chi connectivity index (χ1n) is 10.5. The molecule has 0 spiro atoms. The summed E-state index contributed by atoms with van der Waals surface area (Å²) in [6.45, 7) is 3.78. The van der Waals surface area contributed by atoms with E-state index in [1.165, 1.54) is 0 Å². The van der Waals surface area contributed by atoms with Gasteiger partial charge in [-0.25, -0.2) is 9.59 Å². The van der Waals surface area contributed by atoms with E-state index in [0.717, 1.165) is 11.1 Å². The number of esters is 2. The second kappa shape index (κ2) is 10.1. The van der Waals surface area contributed by atoms with Gasteiger partial charge in [-0.2, -0.15) is 0 Å². The molecule has 0 aliphatic rings. The Morgan fingerprint density at radius 3 is 1.53 bits per heavy atom. The molecule has 6 heteroatoms. The third kappa shape index (κ3) is 5.14. The molecule has 0 amide bonds. The summed E-state index contributed by atoms with van der Waals surface area (Å²) in [5.74, 6) is -0.827. The van der Waals surface area contributed by atoms with E-state index in [4.69, 9.17) is 32.7 Å². The van der Waals surface area contributed by atoms with Crippen molar-refractivity contribution in [2.45, 2.75) is 13.8 Å². The Hall–Kier alpha value is -3.60. The third-order valence-corrected chi connectivity index (χ3v) is 5.74. The Balaban J connectivity index is 1.76. The molecule has 170 valence electrons. The third-order valence-electron chi connectivity index (χ3n) is 5.15. The van der Waals surface area contributed by atoms with Crippen LogP contribution < -0.4 is 9.47 Å². The zero-order valence-corrected chi connectivity index (χ0v) is 20.0. The summed E-state index contributed by atoms with van der Waals surface area (Å²) in [4.78, 5) is 26.4. The van der Waals surface area contributed by atoms with E-state index < -0.39 is 11.9 Å². The number of ether oxygens (including phenoxy) is 2. The Bertz CT molecular complexity index is 1300. The Labute approximate surface area is 207 Å². The normalized spacial score (nSPS) is 10.6. The van der Waals surface area contributed by atoms with Crippen LogP contribution in [-0.2, 0) is 0 Å². The van der Waals surface area contributed by atoms with Crippen molar-refractivity contribution < 1.29 is 19.1 Å². The fourth-order valence-corrected chi connectivity index (χ4v) is 4.04. The number of hydrogen-bond acceptors (Lipinski definition) is 4. The minimum Gasteiger partial charge on any atom is -0.421 e. The first-order valence-corrected chi connectivity index (χ1v) is 11.2. The van der Waals surface area contributed by atoms with E-state index in [0.29, 0.717) is 21.2 Å². The van der Waals surface area contributed by atoms with Gasteiger partial charge in [-0.3, -0.25) is 0 Å². The van der Waals surface area contributed by atoms with Crippen LogP contribution in [0.5, 0.6) is 11.5 Å². The minimum atomic E-state index is -0.646. The van der Waals surface area contributed by atoms with E-state index in [2.05, 4.69) is 0 Å². The molecule has 0 aromatic heterocycles. The van der Waals surface area contributed by atoms with Crippen LogP contribution in [0, 0.1) is 13.8 Å². The average molecular weight is 491 g/mol. The summed E-state index contributed by atoms with van der Waals surface area (Å²) < 4.78 is 11.2. The highest BCUT2D eigenvalue weighted by atomic mass is 35.5. The summed E-state index contributed by atoms with van der Waals surface area (Å²) in [6, 6.07) is 24.2. The quantitative estimate of drug-likeness (QED) is 0.212. The maximum absolute atomic E-state index is 13.2. The van der Waals surface area contributed by atoms with Crippen molar-refractivity contribution in [2.24, 2.45) is 0 Å². The topological polar surface area (TPSA) is 52.6 Å². The van der Waals surface area contributed by atoms with Crippen molar-refractivity contribution >= 4 is 35.1 Å². The van der Waals surface area contributed by atoms with Crippen molar-refractivity contribution in [1.29, 1.82) is 0 Å². The van der Waals surface area contributed by atoms with Crippen molar-refractivity contribution in [2.75, 3.05) is 0 Å². The zero-order chi connectivity index (χ0) is 24.2. The monoisotopic (exact) mass is 490 g/mol. The van der Waals surface area contributed by atoms with E-state index >= 15 is 0 Å². The van der Waals surface area contributed by atoms with Crippen LogP contribution in [-0.4, -0.2) is 11.9 Å². The van der Waals surface area contributed by atoms with Gasteiger partial charge < -0.3 is 9.47 Å². The predicted molar refractivity (Wildman–Crippen MR) is 134 cm³/mol. The van der Waals surface area contributed by atoms with Crippen LogP contribution in [0.25, 0.3) is 11.1 Å². The van der Waals surface area contributed by atoms with E-state index in [9.17, 15) is 9.59 Å². The number of hydrogen-bond donors (Lipinski definition) is 0. The average Bonchev–Trinajstić information content (AvgIpc) is 2.82. The SMILES string of the molecule is Cc1ccc(OC(=O)c2cccc(C(=O)Oc3ccc(C)cc3Cl)c2-c2ccccc2)c(Cl)c1. The Morgan fingerprint density at radius 1 is 0.618 bits per heavy atom. The summed E-state index contributed by atoms with van der Waals surface area (Å²) in [7, 11) is 0. The van der Waals surface area contributed by atoms with Gasteiger partial charge in [0.15, 0.2) is 0 Å². The fraction of sp³-hybridized carbons (Fsp3) is 0.0714. The highest BCUT2D eigenvalue weighted by Gasteiger charge is 2.24. The van der Waals surface area contributed by atoms with Gasteiger partial charge in [0.25, 0.3) is 0 Å². The molecule has 0 bridgehead atoms. The predicted octanol–water partition coefficient (Wildman–Crippen LogP) is 7.72. The number of benzene rings is 4. The highest BCUT2D eigenvalue weighted by molar-refractivity contribution is 6.32. The van der Waals surface area contributed by atoms with Crippen LogP contribution in [0.1, 0.15) is 31.8 Å². The first kappa shape index (κ1) is 23.6. The Kier molecular flexibility index (Phi) is 7.01. The Morgan fingerprint density at radius 2 is 1.09 bits per heavy atom. The summed E-state index contributed by atoms with van der Waals surface area (Å²) in [5.41, 5.74) is 3.33. The van der Waals surface area contributed by atoms with Crippen molar-refractivity contribution in [3.8, 4) is 22.6 Å². The molecule has 0 saturated carbocycles. The van der Waals surface area contributed by atoms with E-state index in [-0.39, 0.29) is 22.6 Å². The molecule has 4 aromatic rings. The highest BCUT2D eigenvalue weighted by Crippen LogP contribution is 2.33. The minimum absolute atomic E-state index is 0.201. The molecule has 0 unspecified atom stereocenters. The van der Waals surface area contributed by atoms with E-state index in [1.54, 1.807) is 66.7 Å². The number of halogens is 2. The van der Waals surface area contributed by atoms with Gasteiger partial charge in [-0.05, 0) is 66.9 Å². The van der Waals surface area contributed by atoms with Crippen LogP contribution in [0.15, 0.2) is 84.9 Å². The maximum atomic E-state index is 13.2. The number of carbonyl (C=O) groups excluding carboxylic acids is 2. The van der Waals surface area contributed by atoms with Crippen LogP contribution in [0.4, 0.5) is 0 Å². The summed E-state index contributed by atoms with van der Waals surface area (Å²) in [6.07, 6.45) is 0. The molecule has 0 saturated heterocycles. The smallest absolute Gasteiger partial charge is 0.344 e. The van der Waals surface area contributed by atoms with Crippen LogP contribution >= 0.6 is 23.2 Å². The zero-order valence-electron chi connectivity index (χ0n) is 18.5. The van der Waals surface area contributed by atoms with Crippen molar-refractivity contribution in [3.63, 3.8) is 0 Å². The first-order chi connectivity index (χ1) is 16.3.